The van der Waals surface area contributed by atoms with Gasteiger partial charge >= 0.3 is 0 Å². The Labute approximate surface area is 168 Å². The summed E-state index contributed by atoms with van der Waals surface area (Å²) in [5, 5.41) is 6.26. The van der Waals surface area contributed by atoms with E-state index in [0.717, 1.165) is 47.3 Å². The first-order valence-corrected chi connectivity index (χ1v) is 9.99. The van der Waals surface area contributed by atoms with E-state index in [-0.39, 0.29) is 12.5 Å². The van der Waals surface area contributed by atoms with E-state index in [4.69, 9.17) is 9.47 Å². The summed E-state index contributed by atoms with van der Waals surface area (Å²) >= 11 is 3.50. The lowest BCUT2D eigenvalue weighted by atomic mass is 10.2. The molecular weight excluding hydrogens is 408 g/mol. The van der Waals surface area contributed by atoms with Crippen LogP contribution >= 0.6 is 15.9 Å². The first-order valence-electron chi connectivity index (χ1n) is 9.20. The molecule has 1 amide bonds. The van der Waals surface area contributed by atoms with E-state index in [9.17, 15) is 4.79 Å². The molecule has 0 spiro atoms. The highest BCUT2D eigenvalue weighted by Crippen LogP contribution is 2.23. The molecule has 2 N–H and O–H groups in total. The third-order valence-corrected chi connectivity index (χ3v) is 4.92. The van der Waals surface area contributed by atoms with Gasteiger partial charge in [-0.05, 0) is 50.1 Å². The highest BCUT2D eigenvalue weighted by Gasteiger charge is 2.15. The summed E-state index contributed by atoms with van der Waals surface area (Å²) in [7, 11) is 0. The maximum Gasteiger partial charge on any atom is 0.262 e. The van der Waals surface area contributed by atoms with Crippen LogP contribution in [0.15, 0.2) is 46.9 Å². The number of hydrogen-bond donors (Lipinski definition) is 2. The van der Waals surface area contributed by atoms with Crippen LogP contribution < -0.4 is 15.4 Å². The van der Waals surface area contributed by atoms with Crippen molar-refractivity contribution in [2.45, 2.75) is 32.4 Å². The maximum atomic E-state index is 12.2. The lowest BCUT2D eigenvalue weighted by molar-refractivity contribution is -0.118. The Bertz CT molecular complexity index is 759. The number of ether oxygens (including phenoxy) is 2. The number of halogens is 1. The van der Waals surface area contributed by atoms with Crippen LogP contribution in [0.4, 0.5) is 5.69 Å². The number of hydrogen-bond acceptors (Lipinski definition) is 4. The molecule has 0 bridgehead atoms. The zero-order valence-corrected chi connectivity index (χ0v) is 17.1. The van der Waals surface area contributed by atoms with Crippen molar-refractivity contribution in [3.63, 3.8) is 0 Å². The van der Waals surface area contributed by atoms with Gasteiger partial charge in [0.1, 0.15) is 5.75 Å². The molecule has 0 saturated carbocycles. The first-order chi connectivity index (χ1) is 13.1. The normalized spacial score (nSPS) is 16.3. The number of nitrogens with one attached hydrogen (secondary N) is 2. The van der Waals surface area contributed by atoms with Crippen LogP contribution in [-0.4, -0.2) is 31.8 Å². The lowest BCUT2D eigenvalue weighted by Gasteiger charge is -2.15. The molecule has 2 aromatic rings. The largest absolute Gasteiger partial charge is 0.483 e. The van der Waals surface area contributed by atoms with E-state index in [1.165, 1.54) is 0 Å². The van der Waals surface area contributed by atoms with Crippen LogP contribution in [0.5, 0.6) is 5.75 Å². The third kappa shape index (κ3) is 6.34. The second kappa shape index (κ2) is 9.88. The number of carbonyl (C=O) groups is 1. The zero-order valence-electron chi connectivity index (χ0n) is 15.5. The van der Waals surface area contributed by atoms with Gasteiger partial charge < -0.3 is 20.1 Å². The Morgan fingerprint density at radius 3 is 2.81 bits per heavy atom. The standard InChI is InChI=1S/C21H25BrN2O3/c1-15-4-7-18(8-5-15)24-21(25)14-27-20-9-6-17(22)11-16(20)12-23-13-19-3-2-10-26-19/h4-9,11,19,23H,2-3,10,12-14H2,1H3,(H,24,25). The quantitative estimate of drug-likeness (QED) is 0.660. The van der Waals surface area contributed by atoms with Crippen LogP contribution in [0.3, 0.4) is 0 Å². The van der Waals surface area contributed by atoms with E-state index in [2.05, 4.69) is 26.6 Å². The number of carbonyl (C=O) groups excluding carboxylic acids is 1. The molecule has 1 aliphatic rings. The average Bonchev–Trinajstić information content (AvgIpc) is 3.16. The number of amides is 1. The minimum atomic E-state index is -0.181. The Balaban J connectivity index is 1.52. The summed E-state index contributed by atoms with van der Waals surface area (Å²) in [5.41, 5.74) is 2.92. The SMILES string of the molecule is Cc1ccc(NC(=O)COc2ccc(Br)cc2CNCC2CCCO2)cc1. The van der Waals surface area contributed by atoms with Crippen LogP contribution in [0.2, 0.25) is 0 Å². The van der Waals surface area contributed by atoms with Gasteiger partial charge in [-0.2, -0.15) is 0 Å². The molecule has 1 heterocycles. The van der Waals surface area contributed by atoms with Gasteiger partial charge in [0.2, 0.25) is 0 Å². The summed E-state index contributed by atoms with van der Waals surface area (Å²) < 4.78 is 12.4. The summed E-state index contributed by atoms with van der Waals surface area (Å²) in [5.74, 6) is 0.525. The molecular formula is C21H25BrN2O3. The van der Waals surface area contributed by atoms with Gasteiger partial charge in [0, 0.05) is 35.4 Å². The summed E-state index contributed by atoms with van der Waals surface area (Å²) in [4.78, 5) is 12.2. The number of benzene rings is 2. The Hall–Kier alpha value is -1.89. The average molecular weight is 433 g/mol. The molecule has 1 atom stereocenters. The molecule has 0 aliphatic carbocycles. The van der Waals surface area contributed by atoms with Crippen molar-refractivity contribution >= 4 is 27.5 Å². The van der Waals surface area contributed by atoms with Crippen LogP contribution in [0.1, 0.15) is 24.0 Å². The minimum absolute atomic E-state index is 0.0335. The predicted octanol–water partition coefficient (Wildman–Crippen LogP) is 4.04. The molecule has 27 heavy (non-hydrogen) atoms. The molecule has 144 valence electrons. The van der Waals surface area contributed by atoms with E-state index in [0.29, 0.717) is 18.4 Å². The second-order valence-electron chi connectivity index (χ2n) is 6.72. The van der Waals surface area contributed by atoms with E-state index >= 15 is 0 Å². The van der Waals surface area contributed by atoms with Gasteiger partial charge in [-0.1, -0.05) is 33.6 Å². The Kier molecular flexibility index (Phi) is 7.26. The van der Waals surface area contributed by atoms with Gasteiger partial charge in [0.05, 0.1) is 6.10 Å². The van der Waals surface area contributed by atoms with Crippen molar-refractivity contribution in [3.05, 3.63) is 58.1 Å². The minimum Gasteiger partial charge on any atom is -0.483 e. The predicted molar refractivity (Wildman–Crippen MR) is 110 cm³/mol. The molecule has 6 heteroatoms. The highest BCUT2D eigenvalue weighted by atomic mass is 79.9. The van der Waals surface area contributed by atoms with Crippen molar-refractivity contribution < 1.29 is 14.3 Å². The lowest BCUT2D eigenvalue weighted by Crippen LogP contribution is -2.26. The highest BCUT2D eigenvalue weighted by molar-refractivity contribution is 9.10. The monoisotopic (exact) mass is 432 g/mol. The number of aryl methyl sites for hydroxylation is 1. The van der Waals surface area contributed by atoms with Crippen molar-refractivity contribution in [1.82, 2.24) is 5.32 Å². The van der Waals surface area contributed by atoms with Crippen LogP contribution in [-0.2, 0) is 16.1 Å². The van der Waals surface area contributed by atoms with E-state index in [1.54, 1.807) is 0 Å². The van der Waals surface area contributed by atoms with Crippen LogP contribution in [0, 0.1) is 6.92 Å². The van der Waals surface area contributed by atoms with Crippen LogP contribution in [0.25, 0.3) is 0 Å². The van der Waals surface area contributed by atoms with E-state index in [1.807, 2.05) is 49.4 Å². The van der Waals surface area contributed by atoms with Crippen molar-refractivity contribution in [1.29, 1.82) is 0 Å². The van der Waals surface area contributed by atoms with Crippen molar-refractivity contribution in [2.75, 3.05) is 25.1 Å². The fourth-order valence-electron chi connectivity index (χ4n) is 2.98. The van der Waals surface area contributed by atoms with Crippen molar-refractivity contribution in [3.8, 4) is 5.75 Å². The molecule has 2 aromatic carbocycles. The maximum absolute atomic E-state index is 12.2. The molecule has 1 aliphatic heterocycles. The smallest absolute Gasteiger partial charge is 0.262 e. The molecule has 5 nitrogen and oxygen atoms in total. The molecule has 0 radical (unpaired) electrons. The first kappa shape index (κ1) is 19.9. The summed E-state index contributed by atoms with van der Waals surface area (Å²) in [6.45, 7) is 4.31. The number of anilines is 1. The van der Waals surface area contributed by atoms with Gasteiger partial charge in [0.15, 0.2) is 6.61 Å². The fraction of sp³-hybridized carbons (Fsp3) is 0.381. The van der Waals surface area contributed by atoms with E-state index < -0.39 is 0 Å². The summed E-state index contributed by atoms with van der Waals surface area (Å²) in [6, 6.07) is 13.5. The molecule has 1 fully saturated rings. The molecule has 0 aromatic heterocycles. The number of rotatable bonds is 8. The Morgan fingerprint density at radius 2 is 2.07 bits per heavy atom. The molecule has 1 unspecified atom stereocenters. The summed E-state index contributed by atoms with van der Waals surface area (Å²) in [6.07, 6.45) is 2.53. The van der Waals surface area contributed by atoms with Gasteiger partial charge in [0.25, 0.3) is 5.91 Å². The van der Waals surface area contributed by atoms with Gasteiger partial charge in [-0.15, -0.1) is 0 Å². The zero-order chi connectivity index (χ0) is 19.1. The van der Waals surface area contributed by atoms with Crippen molar-refractivity contribution in [2.24, 2.45) is 0 Å². The topological polar surface area (TPSA) is 59.6 Å². The fourth-order valence-corrected chi connectivity index (χ4v) is 3.39. The van der Waals surface area contributed by atoms with Gasteiger partial charge in [-0.25, -0.2) is 0 Å². The molecule has 1 saturated heterocycles. The third-order valence-electron chi connectivity index (χ3n) is 4.43. The second-order valence-corrected chi connectivity index (χ2v) is 7.64. The molecule has 3 rings (SSSR count). The Morgan fingerprint density at radius 1 is 1.26 bits per heavy atom. The van der Waals surface area contributed by atoms with Gasteiger partial charge in [-0.3, -0.25) is 4.79 Å².